The van der Waals surface area contributed by atoms with Crippen LogP contribution in [0.3, 0.4) is 0 Å². The zero-order chi connectivity index (χ0) is 21.4. The van der Waals surface area contributed by atoms with Crippen molar-refractivity contribution in [2.24, 2.45) is 4.99 Å². The monoisotopic (exact) mass is 403 g/mol. The summed E-state index contributed by atoms with van der Waals surface area (Å²) in [5.74, 6) is -0.116. The molecule has 0 fully saturated rings. The third-order valence-electron chi connectivity index (χ3n) is 3.73. The highest BCUT2D eigenvalue weighted by atomic mass is 16.4. The van der Waals surface area contributed by atoms with Gasteiger partial charge in [0.2, 0.25) is 5.91 Å². The smallest absolute Gasteiger partial charge is 0.306 e. The number of phenolic OH excluding ortho intramolecular Hbond substituents is 1. The zero-order valence-corrected chi connectivity index (χ0v) is 15.3. The Labute approximate surface area is 166 Å². The Morgan fingerprint density at radius 3 is 2.72 bits per heavy atom. The lowest BCUT2D eigenvalue weighted by molar-refractivity contribution is -0.137. The van der Waals surface area contributed by atoms with E-state index >= 15 is 0 Å². The molecule has 1 aliphatic rings. The van der Waals surface area contributed by atoms with Crippen LogP contribution in [0.5, 0.6) is 5.75 Å². The summed E-state index contributed by atoms with van der Waals surface area (Å²) in [6.07, 6.45) is 4.14. The van der Waals surface area contributed by atoms with Crippen LogP contribution in [-0.4, -0.2) is 70.8 Å². The normalized spacial score (nSPS) is 16.4. The van der Waals surface area contributed by atoms with Gasteiger partial charge in [-0.15, -0.1) is 6.42 Å². The summed E-state index contributed by atoms with van der Waals surface area (Å²) < 4.78 is 0. The van der Waals surface area contributed by atoms with E-state index in [1.54, 1.807) is 0 Å². The number of amides is 2. The lowest BCUT2D eigenvalue weighted by atomic mass is 10.1. The minimum absolute atomic E-state index is 0.0794. The molecular formula is C18H21N5O6. The van der Waals surface area contributed by atoms with Gasteiger partial charge in [-0.1, -0.05) is 5.92 Å². The first-order valence-corrected chi connectivity index (χ1v) is 8.59. The number of aliphatic carboxylic acids is 1. The maximum absolute atomic E-state index is 12.3. The largest absolute Gasteiger partial charge is 0.508 e. The molecule has 2 atom stereocenters. The van der Waals surface area contributed by atoms with Crippen LogP contribution in [-0.2, 0) is 9.59 Å². The summed E-state index contributed by atoms with van der Waals surface area (Å²) in [7, 11) is 0. The fourth-order valence-electron chi connectivity index (χ4n) is 2.40. The molecule has 154 valence electrons. The van der Waals surface area contributed by atoms with Crippen LogP contribution in [0.15, 0.2) is 23.2 Å². The molecule has 2 unspecified atom stereocenters. The average Bonchev–Trinajstić information content (AvgIpc) is 2.66. The standard InChI is InChI=1S/C18H21N5O6/c1-2-11(6-16(27)28)22-15(26)9-19-17(29)10-3-12(5-13(24)4-10)23-18-20-7-14(25)8-21-18/h1,3-5,11,14,24-25H,6-9H2,(H,19,29)(H,22,26)(H,27,28)(H2,20,21,23). The van der Waals surface area contributed by atoms with Crippen molar-refractivity contribution in [3.63, 3.8) is 0 Å². The van der Waals surface area contributed by atoms with Gasteiger partial charge in [0.1, 0.15) is 11.8 Å². The number of rotatable bonds is 7. The average molecular weight is 403 g/mol. The Kier molecular flexibility index (Phi) is 7.39. The van der Waals surface area contributed by atoms with Gasteiger partial charge in [-0.2, -0.15) is 0 Å². The van der Waals surface area contributed by atoms with Crippen LogP contribution in [0.1, 0.15) is 16.8 Å². The van der Waals surface area contributed by atoms with Crippen molar-refractivity contribution in [2.75, 3.05) is 25.0 Å². The minimum atomic E-state index is -1.16. The number of anilines is 1. The van der Waals surface area contributed by atoms with Gasteiger partial charge in [0.05, 0.1) is 25.6 Å². The summed E-state index contributed by atoms with van der Waals surface area (Å²) in [4.78, 5) is 38.8. The number of aliphatic hydroxyl groups excluding tert-OH is 1. The number of benzene rings is 1. The molecule has 2 amide bonds. The number of aliphatic imine (C=N–C) groups is 1. The molecule has 1 aromatic rings. The number of hydrogen-bond donors (Lipinski definition) is 7. The predicted octanol–water partition coefficient (Wildman–Crippen LogP) is -1.55. The Hall–Kier alpha value is -3.78. The summed E-state index contributed by atoms with van der Waals surface area (Å²) in [5, 5.41) is 38.4. The lowest BCUT2D eigenvalue weighted by Gasteiger charge is -2.20. The van der Waals surface area contributed by atoms with Crippen LogP contribution >= 0.6 is 0 Å². The summed E-state index contributed by atoms with van der Waals surface area (Å²) in [6, 6.07) is 3.04. The molecular weight excluding hydrogens is 382 g/mol. The van der Waals surface area contributed by atoms with Crippen LogP contribution in [0.2, 0.25) is 0 Å². The first-order valence-electron chi connectivity index (χ1n) is 8.59. The number of carboxylic acids is 1. The predicted molar refractivity (Wildman–Crippen MR) is 103 cm³/mol. The van der Waals surface area contributed by atoms with E-state index in [0.29, 0.717) is 18.2 Å². The van der Waals surface area contributed by atoms with Gasteiger partial charge in [0.25, 0.3) is 5.91 Å². The topological polar surface area (TPSA) is 172 Å². The molecule has 11 nitrogen and oxygen atoms in total. The van der Waals surface area contributed by atoms with Crippen LogP contribution in [0.4, 0.5) is 5.69 Å². The third kappa shape index (κ3) is 7.04. The lowest BCUT2D eigenvalue weighted by Crippen LogP contribution is -2.42. The highest BCUT2D eigenvalue weighted by Crippen LogP contribution is 2.20. The van der Waals surface area contributed by atoms with Gasteiger partial charge in [0.15, 0.2) is 5.96 Å². The molecule has 0 spiro atoms. The van der Waals surface area contributed by atoms with E-state index in [0.717, 1.165) is 0 Å². The molecule has 0 bridgehead atoms. The fourth-order valence-corrected chi connectivity index (χ4v) is 2.40. The molecule has 29 heavy (non-hydrogen) atoms. The van der Waals surface area contributed by atoms with Crippen LogP contribution in [0.25, 0.3) is 0 Å². The van der Waals surface area contributed by atoms with Gasteiger partial charge >= 0.3 is 5.97 Å². The number of nitrogens with one attached hydrogen (secondary N) is 4. The van der Waals surface area contributed by atoms with Crippen molar-refractivity contribution in [1.29, 1.82) is 0 Å². The number of β-amino-alcohol motifs (C(OH)–C–C–N with tert-alkyl or cyclic N) is 1. The molecule has 1 heterocycles. The first kappa shape index (κ1) is 21.5. The van der Waals surface area contributed by atoms with Gasteiger partial charge in [-0.3, -0.25) is 19.4 Å². The second kappa shape index (κ2) is 9.95. The summed E-state index contributed by atoms with van der Waals surface area (Å²) in [5.41, 5.74) is 0.451. The molecule has 0 saturated heterocycles. The van der Waals surface area contributed by atoms with E-state index in [-0.39, 0.29) is 17.9 Å². The van der Waals surface area contributed by atoms with Crippen molar-refractivity contribution >= 4 is 29.4 Å². The molecule has 0 radical (unpaired) electrons. The molecule has 0 aliphatic carbocycles. The first-order chi connectivity index (χ1) is 13.8. The molecule has 11 heteroatoms. The number of carboxylic acid groups (broad SMARTS) is 1. The van der Waals surface area contributed by atoms with Crippen LogP contribution < -0.4 is 21.3 Å². The molecule has 1 aliphatic heterocycles. The second-order valence-corrected chi connectivity index (χ2v) is 6.18. The minimum Gasteiger partial charge on any atom is -0.508 e. The Bertz CT molecular complexity index is 863. The van der Waals surface area contributed by atoms with Gasteiger partial charge in [0, 0.05) is 23.9 Å². The molecule has 1 aromatic carbocycles. The van der Waals surface area contributed by atoms with Gasteiger partial charge in [-0.05, 0) is 12.1 Å². The molecule has 2 rings (SSSR count). The molecule has 7 N–H and O–H groups in total. The van der Waals surface area contributed by atoms with E-state index in [1.807, 2.05) is 0 Å². The number of aromatic hydroxyl groups is 1. The zero-order valence-electron chi connectivity index (χ0n) is 15.3. The van der Waals surface area contributed by atoms with Gasteiger partial charge in [-0.25, -0.2) is 0 Å². The Balaban J connectivity index is 1.95. The second-order valence-electron chi connectivity index (χ2n) is 6.18. The third-order valence-corrected chi connectivity index (χ3v) is 3.73. The van der Waals surface area contributed by atoms with E-state index in [9.17, 15) is 24.6 Å². The van der Waals surface area contributed by atoms with Crippen molar-refractivity contribution < 1.29 is 29.7 Å². The number of terminal acetylenes is 1. The van der Waals surface area contributed by atoms with E-state index in [1.165, 1.54) is 18.2 Å². The Morgan fingerprint density at radius 1 is 1.34 bits per heavy atom. The van der Waals surface area contributed by atoms with Crippen molar-refractivity contribution in [3.8, 4) is 18.1 Å². The van der Waals surface area contributed by atoms with Crippen molar-refractivity contribution in [3.05, 3.63) is 23.8 Å². The number of phenols is 1. The highest BCUT2D eigenvalue weighted by molar-refractivity contribution is 6.00. The van der Waals surface area contributed by atoms with Crippen LogP contribution in [0, 0.1) is 12.3 Å². The maximum Gasteiger partial charge on any atom is 0.306 e. The molecule has 0 saturated carbocycles. The van der Waals surface area contributed by atoms with E-state index in [2.05, 4.69) is 32.2 Å². The van der Waals surface area contributed by atoms with Gasteiger partial charge < -0.3 is 36.6 Å². The number of aliphatic hydroxyl groups is 1. The van der Waals surface area contributed by atoms with Crippen molar-refractivity contribution in [1.82, 2.24) is 16.0 Å². The van der Waals surface area contributed by atoms with Crippen molar-refractivity contribution in [2.45, 2.75) is 18.6 Å². The summed E-state index contributed by atoms with van der Waals surface area (Å²) >= 11 is 0. The fraction of sp³-hybridized carbons (Fsp3) is 0.333. The molecule has 0 aromatic heterocycles. The number of carbonyl (C=O) groups excluding carboxylic acids is 2. The number of guanidine groups is 1. The summed E-state index contributed by atoms with van der Waals surface area (Å²) in [6.45, 7) is 0.103. The van der Waals surface area contributed by atoms with E-state index in [4.69, 9.17) is 11.5 Å². The Morgan fingerprint density at radius 2 is 2.10 bits per heavy atom. The quantitative estimate of drug-likeness (QED) is 0.268. The number of hydrogen-bond acceptors (Lipinski definition) is 8. The number of nitrogens with zero attached hydrogens (tertiary/aromatic N) is 1. The SMILES string of the molecule is C#CC(CC(=O)O)NC(=O)CNC(=O)c1cc(O)cc(NC2=NCC(O)CN2)c1. The van der Waals surface area contributed by atoms with E-state index < -0.39 is 42.9 Å². The maximum atomic E-state index is 12.3. The number of carbonyl (C=O) groups is 3. The highest BCUT2D eigenvalue weighted by Gasteiger charge is 2.16.